The van der Waals surface area contributed by atoms with Gasteiger partial charge in [-0.05, 0) is 12.1 Å². The molecule has 20 heavy (non-hydrogen) atoms. The van der Waals surface area contributed by atoms with Crippen molar-refractivity contribution in [3.05, 3.63) is 30.3 Å². The molecule has 0 saturated heterocycles. The molecule has 0 atom stereocenters. The molecule has 3 aromatic rings. The standard InChI is InChI=1S/C11H7F3N6/c12-5-1-2-6(19-9(5)15)7-3-16-10-8(18-7)4-17-20(10)11(13)14/h1-4,11H,(H2,15,19). The van der Waals surface area contributed by atoms with Crippen molar-refractivity contribution in [3.63, 3.8) is 0 Å². The van der Waals surface area contributed by atoms with Gasteiger partial charge in [-0.15, -0.1) is 0 Å². The maximum Gasteiger partial charge on any atom is 0.335 e. The largest absolute Gasteiger partial charge is 0.381 e. The lowest BCUT2D eigenvalue weighted by molar-refractivity contribution is 0.0608. The molecule has 0 aromatic carbocycles. The van der Waals surface area contributed by atoms with E-state index in [1.807, 2.05) is 0 Å². The summed E-state index contributed by atoms with van der Waals surface area (Å²) in [7, 11) is 0. The summed E-state index contributed by atoms with van der Waals surface area (Å²) in [5.41, 5.74) is 6.09. The quantitative estimate of drug-likeness (QED) is 0.776. The predicted molar refractivity (Wildman–Crippen MR) is 64.2 cm³/mol. The highest BCUT2D eigenvalue weighted by Gasteiger charge is 2.14. The second-order valence-electron chi connectivity index (χ2n) is 3.89. The van der Waals surface area contributed by atoms with Gasteiger partial charge in [0.15, 0.2) is 17.3 Å². The molecule has 6 nitrogen and oxygen atoms in total. The number of nitrogen functional groups attached to an aromatic ring is 1. The van der Waals surface area contributed by atoms with Gasteiger partial charge in [0.05, 0.1) is 18.1 Å². The fourth-order valence-corrected chi connectivity index (χ4v) is 1.70. The molecular formula is C11H7F3N6. The van der Waals surface area contributed by atoms with Gasteiger partial charge in [-0.3, -0.25) is 0 Å². The Balaban J connectivity index is 2.11. The molecule has 0 unspecified atom stereocenters. The molecule has 9 heteroatoms. The number of halogens is 3. The lowest BCUT2D eigenvalue weighted by atomic mass is 10.2. The van der Waals surface area contributed by atoms with Gasteiger partial charge in [-0.1, -0.05) is 0 Å². The second kappa shape index (κ2) is 4.44. The first kappa shape index (κ1) is 12.3. The van der Waals surface area contributed by atoms with Crippen molar-refractivity contribution in [2.45, 2.75) is 6.55 Å². The molecular weight excluding hydrogens is 273 g/mol. The Bertz CT molecular complexity index is 785. The average molecular weight is 280 g/mol. The zero-order chi connectivity index (χ0) is 14.3. The van der Waals surface area contributed by atoms with E-state index in [4.69, 9.17) is 5.73 Å². The van der Waals surface area contributed by atoms with E-state index in [0.29, 0.717) is 10.4 Å². The van der Waals surface area contributed by atoms with Crippen molar-refractivity contribution >= 4 is 17.0 Å². The second-order valence-corrected chi connectivity index (χ2v) is 3.89. The molecule has 3 rings (SSSR count). The minimum Gasteiger partial charge on any atom is -0.381 e. The number of pyridine rings is 1. The maximum atomic E-state index is 13.0. The summed E-state index contributed by atoms with van der Waals surface area (Å²) in [6.45, 7) is -2.80. The summed E-state index contributed by atoms with van der Waals surface area (Å²) in [5.74, 6) is -0.916. The Kier molecular flexibility index (Phi) is 2.74. The van der Waals surface area contributed by atoms with Crippen LogP contribution in [0.2, 0.25) is 0 Å². The van der Waals surface area contributed by atoms with E-state index in [1.165, 1.54) is 18.5 Å². The molecule has 2 N–H and O–H groups in total. The lowest BCUT2D eigenvalue weighted by Crippen LogP contribution is -2.02. The molecule has 102 valence electrons. The Morgan fingerprint density at radius 1 is 1.10 bits per heavy atom. The average Bonchev–Trinajstić information content (AvgIpc) is 2.85. The van der Waals surface area contributed by atoms with Gasteiger partial charge in [-0.2, -0.15) is 18.6 Å². The summed E-state index contributed by atoms with van der Waals surface area (Å²) >= 11 is 0. The molecule has 0 aliphatic rings. The van der Waals surface area contributed by atoms with Crippen LogP contribution >= 0.6 is 0 Å². The highest BCUT2D eigenvalue weighted by atomic mass is 19.3. The molecule has 0 bridgehead atoms. The summed E-state index contributed by atoms with van der Waals surface area (Å²) in [4.78, 5) is 11.8. The number of alkyl halides is 2. The van der Waals surface area contributed by atoms with Gasteiger partial charge in [0.2, 0.25) is 0 Å². The third kappa shape index (κ3) is 1.92. The molecule has 0 aliphatic heterocycles. The number of nitrogens with zero attached hydrogens (tertiary/aromatic N) is 5. The van der Waals surface area contributed by atoms with Crippen LogP contribution in [0.5, 0.6) is 0 Å². The fourth-order valence-electron chi connectivity index (χ4n) is 1.70. The molecule has 0 radical (unpaired) electrons. The highest BCUT2D eigenvalue weighted by Crippen LogP contribution is 2.21. The number of aromatic nitrogens is 5. The van der Waals surface area contributed by atoms with Crippen LogP contribution in [0.25, 0.3) is 22.6 Å². The van der Waals surface area contributed by atoms with Crippen molar-refractivity contribution in [3.8, 4) is 11.4 Å². The van der Waals surface area contributed by atoms with Gasteiger partial charge in [0.25, 0.3) is 0 Å². The number of hydrogen-bond acceptors (Lipinski definition) is 5. The van der Waals surface area contributed by atoms with Crippen LogP contribution in [0, 0.1) is 5.82 Å². The van der Waals surface area contributed by atoms with Crippen LogP contribution in [0.15, 0.2) is 24.5 Å². The first-order chi connectivity index (χ1) is 9.56. The monoisotopic (exact) mass is 280 g/mol. The minimum atomic E-state index is -2.80. The molecule has 0 aliphatic carbocycles. The van der Waals surface area contributed by atoms with Crippen molar-refractivity contribution in [2.75, 3.05) is 5.73 Å². The van der Waals surface area contributed by atoms with Gasteiger partial charge in [0, 0.05) is 0 Å². The van der Waals surface area contributed by atoms with Crippen LogP contribution in [0.1, 0.15) is 6.55 Å². The Hall–Kier alpha value is -2.71. The SMILES string of the molecule is Nc1nc(-c2cnc3c(cnn3C(F)F)n2)ccc1F. The van der Waals surface area contributed by atoms with Crippen LogP contribution in [-0.2, 0) is 0 Å². The smallest absolute Gasteiger partial charge is 0.335 e. The summed E-state index contributed by atoms with van der Waals surface area (Å²) in [5, 5.41) is 3.50. The highest BCUT2D eigenvalue weighted by molar-refractivity contribution is 5.72. The van der Waals surface area contributed by atoms with Crippen LogP contribution in [0.4, 0.5) is 19.0 Å². The molecule has 0 amide bonds. The van der Waals surface area contributed by atoms with E-state index < -0.39 is 12.4 Å². The van der Waals surface area contributed by atoms with E-state index in [1.54, 1.807) is 0 Å². The minimum absolute atomic E-state index is 0.0427. The molecule has 0 spiro atoms. The van der Waals surface area contributed by atoms with Crippen molar-refractivity contribution < 1.29 is 13.2 Å². The van der Waals surface area contributed by atoms with Crippen LogP contribution < -0.4 is 5.73 Å². The zero-order valence-corrected chi connectivity index (χ0v) is 9.83. The Labute approximate surface area is 110 Å². The first-order valence-electron chi connectivity index (χ1n) is 5.47. The van der Waals surface area contributed by atoms with E-state index >= 15 is 0 Å². The van der Waals surface area contributed by atoms with Gasteiger partial charge >= 0.3 is 6.55 Å². The lowest BCUT2D eigenvalue weighted by Gasteiger charge is -2.03. The van der Waals surface area contributed by atoms with Gasteiger partial charge in [0.1, 0.15) is 11.2 Å². The molecule has 3 heterocycles. The van der Waals surface area contributed by atoms with Crippen molar-refractivity contribution in [2.24, 2.45) is 0 Å². The summed E-state index contributed by atoms with van der Waals surface area (Å²) in [6.07, 6.45) is 2.42. The molecule has 3 aromatic heterocycles. The van der Waals surface area contributed by atoms with Gasteiger partial charge in [-0.25, -0.2) is 19.3 Å². The topological polar surface area (TPSA) is 82.5 Å². The van der Waals surface area contributed by atoms with E-state index in [0.717, 1.165) is 6.07 Å². The number of hydrogen-bond donors (Lipinski definition) is 1. The third-order valence-corrected chi connectivity index (χ3v) is 2.62. The van der Waals surface area contributed by atoms with Crippen LogP contribution in [0.3, 0.4) is 0 Å². The van der Waals surface area contributed by atoms with Crippen molar-refractivity contribution in [1.82, 2.24) is 24.7 Å². The van der Waals surface area contributed by atoms with Crippen molar-refractivity contribution in [1.29, 1.82) is 0 Å². The molecule has 0 saturated carbocycles. The summed E-state index contributed by atoms with van der Waals surface area (Å²) in [6, 6.07) is 2.52. The zero-order valence-electron chi connectivity index (χ0n) is 9.83. The van der Waals surface area contributed by atoms with E-state index in [-0.39, 0.29) is 22.7 Å². The fraction of sp³-hybridized carbons (Fsp3) is 0.0909. The Morgan fingerprint density at radius 2 is 1.90 bits per heavy atom. The predicted octanol–water partition coefficient (Wildman–Crippen LogP) is 2.00. The molecule has 0 fully saturated rings. The normalized spacial score (nSPS) is 11.4. The number of rotatable bonds is 2. The summed E-state index contributed by atoms with van der Waals surface area (Å²) < 4.78 is 38.7. The number of anilines is 1. The van der Waals surface area contributed by atoms with E-state index in [2.05, 4.69) is 20.1 Å². The number of fused-ring (bicyclic) bond motifs is 1. The maximum absolute atomic E-state index is 13.0. The van der Waals surface area contributed by atoms with Gasteiger partial charge < -0.3 is 5.73 Å². The third-order valence-electron chi connectivity index (χ3n) is 2.62. The number of nitrogens with two attached hydrogens (primary N) is 1. The van der Waals surface area contributed by atoms with E-state index in [9.17, 15) is 13.2 Å². The van der Waals surface area contributed by atoms with Crippen LogP contribution in [-0.4, -0.2) is 24.7 Å². The first-order valence-corrected chi connectivity index (χ1v) is 5.47. The Morgan fingerprint density at radius 3 is 2.60 bits per heavy atom.